The summed E-state index contributed by atoms with van der Waals surface area (Å²) in [6.07, 6.45) is 6.65. The molecule has 0 saturated heterocycles. The van der Waals surface area contributed by atoms with E-state index in [0.29, 0.717) is 34.0 Å². The number of nitrogens with zero attached hydrogens (tertiary/aromatic N) is 3. The summed E-state index contributed by atoms with van der Waals surface area (Å²) in [4.78, 5) is 34.3. The van der Waals surface area contributed by atoms with Gasteiger partial charge in [0.25, 0.3) is 5.56 Å². The number of carbonyl (C=O) groups excluding carboxylic acids is 1. The van der Waals surface area contributed by atoms with Crippen LogP contribution in [0.3, 0.4) is 0 Å². The Kier molecular flexibility index (Phi) is 7.70. The predicted molar refractivity (Wildman–Crippen MR) is 141 cm³/mol. The maximum absolute atomic E-state index is 13.4. The molecule has 11 heteroatoms. The molecule has 36 heavy (non-hydrogen) atoms. The Morgan fingerprint density at radius 3 is 2.39 bits per heavy atom. The molecule has 4 rings (SSSR count). The standard InChI is InChI=1S/C25H27Cl2N5O4/c1-5-19(33)29-15-8-6-7-9-16(15)30-25-28-12-13-10-14(24(34)32(2)23(13)31-25)20-21(26)17(35-3)11-18(36-4)22(20)27/h5,10-12,15-16H,1,6-9H2,2-4H3,(H,29,33)(H,28,30,31)/t15-,16?/m0/s1. The fourth-order valence-corrected chi connectivity index (χ4v) is 5.21. The molecule has 2 atom stereocenters. The number of anilines is 1. The first kappa shape index (κ1) is 25.8. The van der Waals surface area contributed by atoms with Crippen molar-refractivity contribution in [3.63, 3.8) is 0 Å². The van der Waals surface area contributed by atoms with E-state index in [2.05, 4.69) is 27.2 Å². The average Bonchev–Trinajstić information content (AvgIpc) is 2.88. The molecule has 1 saturated carbocycles. The van der Waals surface area contributed by atoms with Crippen molar-refractivity contribution in [3.05, 3.63) is 51.4 Å². The quantitative estimate of drug-likeness (QED) is 0.436. The summed E-state index contributed by atoms with van der Waals surface area (Å²) in [5, 5.41) is 7.32. The van der Waals surface area contributed by atoms with Crippen molar-refractivity contribution in [3.8, 4) is 22.6 Å². The van der Waals surface area contributed by atoms with Crippen molar-refractivity contribution in [1.29, 1.82) is 0 Å². The fourth-order valence-electron chi connectivity index (χ4n) is 4.50. The van der Waals surface area contributed by atoms with Crippen LogP contribution < -0.4 is 25.7 Å². The lowest BCUT2D eigenvalue weighted by molar-refractivity contribution is -0.117. The van der Waals surface area contributed by atoms with Gasteiger partial charge in [-0.15, -0.1) is 0 Å². The zero-order valence-electron chi connectivity index (χ0n) is 20.2. The summed E-state index contributed by atoms with van der Waals surface area (Å²) in [5.41, 5.74) is 0.661. The SMILES string of the molecule is C=CC(=O)N[C@H]1CCCCC1Nc1ncc2cc(-c3c(Cl)c(OC)cc(OC)c3Cl)c(=O)n(C)c2n1. The summed E-state index contributed by atoms with van der Waals surface area (Å²) < 4.78 is 12.1. The van der Waals surface area contributed by atoms with E-state index in [0.717, 1.165) is 25.7 Å². The second kappa shape index (κ2) is 10.8. The number of benzene rings is 1. The van der Waals surface area contributed by atoms with Crippen LogP contribution in [0.15, 0.2) is 35.8 Å². The van der Waals surface area contributed by atoms with Crippen molar-refractivity contribution in [2.75, 3.05) is 19.5 Å². The predicted octanol–water partition coefficient (Wildman–Crippen LogP) is 4.34. The Morgan fingerprint density at radius 2 is 1.78 bits per heavy atom. The number of hydrogen-bond acceptors (Lipinski definition) is 7. The molecule has 1 unspecified atom stereocenters. The van der Waals surface area contributed by atoms with E-state index in [1.165, 1.54) is 24.9 Å². The summed E-state index contributed by atoms with van der Waals surface area (Å²) in [6, 6.07) is 3.11. The van der Waals surface area contributed by atoms with E-state index in [4.69, 9.17) is 32.7 Å². The molecule has 2 aromatic heterocycles. The first-order valence-corrected chi connectivity index (χ1v) is 12.2. The van der Waals surface area contributed by atoms with Crippen molar-refractivity contribution in [2.45, 2.75) is 37.8 Å². The Bertz CT molecular complexity index is 1360. The highest BCUT2D eigenvalue weighted by atomic mass is 35.5. The average molecular weight is 532 g/mol. The van der Waals surface area contributed by atoms with Crippen LogP contribution in [0, 0.1) is 0 Å². The number of aromatic nitrogens is 3. The first-order chi connectivity index (χ1) is 17.3. The third-order valence-electron chi connectivity index (χ3n) is 6.39. The molecule has 1 fully saturated rings. The summed E-state index contributed by atoms with van der Waals surface area (Å²) in [6.45, 7) is 3.53. The fraction of sp³-hybridized carbons (Fsp3) is 0.360. The molecular formula is C25H27Cl2N5O4. The van der Waals surface area contributed by atoms with Gasteiger partial charge < -0.3 is 20.1 Å². The van der Waals surface area contributed by atoms with E-state index in [-0.39, 0.29) is 39.2 Å². The van der Waals surface area contributed by atoms with Crippen LogP contribution in [0.5, 0.6) is 11.5 Å². The van der Waals surface area contributed by atoms with E-state index in [1.807, 2.05) is 0 Å². The van der Waals surface area contributed by atoms with Gasteiger partial charge in [0, 0.05) is 42.3 Å². The molecule has 190 valence electrons. The number of carbonyl (C=O) groups is 1. The topological polar surface area (TPSA) is 107 Å². The number of fused-ring (bicyclic) bond motifs is 1. The first-order valence-electron chi connectivity index (χ1n) is 11.5. The van der Waals surface area contributed by atoms with Crippen molar-refractivity contribution in [1.82, 2.24) is 19.9 Å². The van der Waals surface area contributed by atoms with E-state index < -0.39 is 0 Å². The third kappa shape index (κ3) is 4.85. The van der Waals surface area contributed by atoms with Crippen LogP contribution in [0.4, 0.5) is 5.95 Å². The summed E-state index contributed by atoms with van der Waals surface area (Å²) >= 11 is 13.1. The Hall–Kier alpha value is -3.30. The van der Waals surface area contributed by atoms with Gasteiger partial charge in [-0.1, -0.05) is 42.6 Å². The summed E-state index contributed by atoms with van der Waals surface area (Å²) in [7, 11) is 4.57. The van der Waals surface area contributed by atoms with Crippen LogP contribution in [-0.2, 0) is 11.8 Å². The maximum Gasteiger partial charge on any atom is 0.259 e. The molecule has 0 aliphatic heterocycles. The molecular weight excluding hydrogens is 505 g/mol. The minimum Gasteiger partial charge on any atom is -0.495 e. The molecule has 1 aliphatic carbocycles. The number of nitrogens with one attached hydrogen (secondary N) is 2. The second-order valence-electron chi connectivity index (χ2n) is 8.53. The molecule has 1 amide bonds. The van der Waals surface area contributed by atoms with Gasteiger partial charge in [-0.3, -0.25) is 14.2 Å². The van der Waals surface area contributed by atoms with Gasteiger partial charge in [-0.25, -0.2) is 4.98 Å². The number of hydrogen-bond donors (Lipinski definition) is 2. The zero-order chi connectivity index (χ0) is 26.0. The zero-order valence-corrected chi connectivity index (χ0v) is 21.7. The smallest absolute Gasteiger partial charge is 0.259 e. The molecule has 3 aromatic rings. The number of ether oxygens (including phenoxy) is 2. The Labute approximate surface area is 218 Å². The third-order valence-corrected chi connectivity index (χ3v) is 7.14. The molecule has 1 aliphatic rings. The van der Waals surface area contributed by atoms with Crippen LogP contribution in [0.25, 0.3) is 22.2 Å². The molecule has 2 heterocycles. The van der Waals surface area contributed by atoms with Gasteiger partial charge in [0.15, 0.2) is 0 Å². The molecule has 0 spiro atoms. The minimum atomic E-state index is -0.347. The van der Waals surface area contributed by atoms with E-state index in [1.54, 1.807) is 25.4 Å². The molecule has 9 nitrogen and oxygen atoms in total. The van der Waals surface area contributed by atoms with Gasteiger partial charge in [0.1, 0.15) is 17.1 Å². The lowest BCUT2D eigenvalue weighted by Crippen LogP contribution is -2.48. The Morgan fingerprint density at radius 1 is 1.14 bits per heavy atom. The number of rotatable bonds is 7. The van der Waals surface area contributed by atoms with Crippen LogP contribution in [0.1, 0.15) is 25.7 Å². The van der Waals surface area contributed by atoms with Gasteiger partial charge in [0.05, 0.1) is 29.8 Å². The highest BCUT2D eigenvalue weighted by Gasteiger charge is 2.27. The number of amides is 1. The second-order valence-corrected chi connectivity index (χ2v) is 9.29. The van der Waals surface area contributed by atoms with Gasteiger partial charge >= 0.3 is 0 Å². The molecule has 1 aromatic carbocycles. The molecule has 0 bridgehead atoms. The largest absolute Gasteiger partial charge is 0.495 e. The minimum absolute atomic E-state index is 0.0433. The van der Waals surface area contributed by atoms with Gasteiger partial charge in [0.2, 0.25) is 11.9 Å². The van der Waals surface area contributed by atoms with Crippen molar-refractivity contribution < 1.29 is 14.3 Å². The molecule has 2 N–H and O–H groups in total. The lowest BCUT2D eigenvalue weighted by Gasteiger charge is -2.32. The lowest BCUT2D eigenvalue weighted by atomic mass is 9.90. The van der Waals surface area contributed by atoms with E-state index in [9.17, 15) is 9.59 Å². The maximum atomic E-state index is 13.4. The van der Waals surface area contributed by atoms with Gasteiger partial charge in [-0.05, 0) is 25.0 Å². The van der Waals surface area contributed by atoms with Crippen LogP contribution >= 0.6 is 23.2 Å². The highest BCUT2D eigenvalue weighted by Crippen LogP contribution is 2.45. The van der Waals surface area contributed by atoms with E-state index >= 15 is 0 Å². The number of aryl methyl sites for hydroxylation is 1. The Balaban J connectivity index is 1.75. The summed E-state index contributed by atoms with van der Waals surface area (Å²) in [5.74, 6) is 0.816. The monoisotopic (exact) mass is 531 g/mol. The van der Waals surface area contributed by atoms with Crippen molar-refractivity contribution in [2.24, 2.45) is 7.05 Å². The van der Waals surface area contributed by atoms with Crippen molar-refractivity contribution >= 4 is 46.1 Å². The van der Waals surface area contributed by atoms with Crippen LogP contribution in [-0.4, -0.2) is 46.7 Å². The van der Waals surface area contributed by atoms with Gasteiger partial charge in [-0.2, -0.15) is 4.98 Å². The number of pyridine rings is 1. The molecule has 0 radical (unpaired) electrons. The highest BCUT2D eigenvalue weighted by molar-refractivity contribution is 6.41. The number of methoxy groups -OCH3 is 2. The normalized spacial score (nSPS) is 17.5. The van der Waals surface area contributed by atoms with Crippen LogP contribution in [0.2, 0.25) is 10.0 Å². The number of halogens is 2.